The second-order valence-electron chi connectivity index (χ2n) is 4.11. The minimum Gasteiger partial charge on any atom is -0.399 e. The van der Waals surface area contributed by atoms with E-state index in [0.29, 0.717) is 12.2 Å². The normalized spacial score (nSPS) is 11.9. The highest BCUT2D eigenvalue weighted by Gasteiger charge is 2.19. The minimum atomic E-state index is -3.39. The summed E-state index contributed by atoms with van der Waals surface area (Å²) in [6.07, 6.45) is 3.00. The van der Waals surface area contributed by atoms with Gasteiger partial charge in [-0.25, -0.2) is 12.7 Å². The fourth-order valence-electron chi connectivity index (χ4n) is 1.56. The van der Waals surface area contributed by atoms with Crippen molar-refractivity contribution in [2.24, 2.45) is 0 Å². The second kappa shape index (κ2) is 6.02. The maximum absolute atomic E-state index is 12.1. The topological polar surface area (TPSA) is 63.4 Å². The van der Waals surface area contributed by atoms with Crippen LogP contribution in [-0.2, 0) is 10.0 Å². The fourth-order valence-corrected chi connectivity index (χ4v) is 2.82. The summed E-state index contributed by atoms with van der Waals surface area (Å²) in [5.41, 5.74) is 6.06. The van der Waals surface area contributed by atoms with Gasteiger partial charge in [-0.2, -0.15) is 0 Å². The van der Waals surface area contributed by atoms with E-state index in [1.807, 2.05) is 0 Å². The summed E-state index contributed by atoms with van der Waals surface area (Å²) in [5, 5.41) is 0. The molecule has 0 spiro atoms. The largest absolute Gasteiger partial charge is 0.399 e. The van der Waals surface area contributed by atoms with Crippen LogP contribution in [0.3, 0.4) is 0 Å². The molecule has 1 rings (SSSR count). The van der Waals surface area contributed by atoms with E-state index in [2.05, 4.69) is 6.92 Å². The summed E-state index contributed by atoms with van der Waals surface area (Å²) >= 11 is 0. The average molecular weight is 256 g/mol. The molecular formula is C12H20N2O2S. The van der Waals surface area contributed by atoms with Crippen LogP contribution in [0.25, 0.3) is 0 Å². The summed E-state index contributed by atoms with van der Waals surface area (Å²) in [6.45, 7) is 2.64. The van der Waals surface area contributed by atoms with Crippen LogP contribution in [0, 0.1) is 0 Å². The first-order valence-electron chi connectivity index (χ1n) is 5.80. The minimum absolute atomic E-state index is 0.261. The van der Waals surface area contributed by atoms with E-state index < -0.39 is 10.0 Å². The molecule has 2 N–H and O–H groups in total. The SMILES string of the molecule is CCCCCN(C)S(=O)(=O)c1cccc(N)c1. The molecule has 0 aliphatic rings. The predicted octanol–water partition coefficient (Wildman–Crippen LogP) is 2.08. The average Bonchev–Trinajstić information content (AvgIpc) is 2.29. The number of hydrogen-bond donors (Lipinski definition) is 1. The number of rotatable bonds is 6. The molecule has 0 radical (unpaired) electrons. The lowest BCUT2D eigenvalue weighted by Crippen LogP contribution is -2.28. The van der Waals surface area contributed by atoms with E-state index in [9.17, 15) is 8.42 Å². The van der Waals surface area contributed by atoms with Gasteiger partial charge in [-0.3, -0.25) is 0 Å². The lowest BCUT2D eigenvalue weighted by molar-refractivity contribution is 0.454. The molecule has 0 aliphatic heterocycles. The van der Waals surface area contributed by atoms with Crippen molar-refractivity contribution < 1.29 is 8.42 Å². The third-order valence-electron chi connectivity index (χ3n) is 2.64. The van der Waals surface area contributed by atoms with Crippen LogP contribution in [-0.4, -0.2) is 26.3 Å². The first-order chi connectivity index (χ1) is 7.98. The summed E-state index contributed by atoms with van der Waals surface area (Å²) in [7, 11) is -1.78. The van der Waals surface area contributed by atoms with Gasteiger partial charge in [-0.15, -0.1) is 0 Å². The molecule has 1 aromatic rings. The zero-order chi connectivity index (χ0) is 12.9. The van der Waals surface area contributed by atoms with Gasteiger partial charge in [-0.1, -0.05) is 25.8 Å². The zero-order valence-electron chi connectivity index (χ0n) is 10.4. The van der Waals surface area contributed by atoms with Crippen molar-refractivity contribution in [3.05, 3.63) is 24.3 Å². The summed E-state index contributed by atoms with van der Waals surface area (Å²) in [6, 6.07) is 6.39. The van der Waals surface area contributed by atoms with Gasteiger partial charge >= 0.3 is 0 Å². The van der Waals surface area contributed by atoms with E-state index in [0.717, 1.165) is 19.3 Å². The van der Waals surface area contributed by atoms with Crippen LogP contribution >= 0.6 is 0 Å². The Bertz CT molecular complexity index is 457. The van der Waals surface area contributed by atoms with Gasteiger partial charge in [-0.05, 0) is 24.6 Å². The van der Waals surface area contributed by atoms with Gasteiger partial charge in [0.05, 0.1) is 4.90 Å². The van der Waals surface area contributed by atoms with Crippen LogP contribution in [0.15, 0.2) is 29.2 Å². The number of anilines is 1. The van der Waals surface area contributed by atoms with Gasteiger partial charge < -0.3 is 5.73 Å². The number of benzene rings is 1. The van der Waals surface area contributed by atoms with E-state index >= 15 is 0 Å². The maximum Gasteiger partial charge on any atom is 0.242 e. The van der Waals surface area contributed by atoms with Crippen molar-refractivity contribution in [2.45, 2.75) is 31.1 Å². The second-order valence-corrected chi connectivity index (χ2v) is 6.15. The highest BCUT2D eigenvalue weighted by Crippen LogP contribution is 2.17. The van der Waals surface area contributed by atoms with Gasteiger partial charge in [0.25, 0.3) is 0 Å². The van der Waals surface area contributed by atoms with E-state index in [4.69, 9.17) is 5.73 Å². The molecule has 0 saturated heterocycles. The molecule has 0 heterocycles. The number of nitrogens with zero attached hydrogens (tertiary/aromatic N) is 1. The first kappa shape index (κ1) is 14.0. The van der Waals surface area contributed by atoms with Crippen molar-refractivity contribution in [2.75, 3.05) is 19.3 Å². The third-order valence-corrected chi connectivity index (χ3v) is 4.50. The monoisotopic (exact) mass is 256 g/mol. The van der Waals surface area contributed by atoms with Crippen LogP contribution < -0.4 is 5.73 Å². The van der Waals surface area contributed by atoms with Gasteiger partial charge in [0.2, 0.25) is 10.0 Å². The Balaban J connectivity index is 2.80. The van der Waals surface area contributed by atoms with Crippen LogP contribution in [0.5, 0.6) is 0 Å². The van der Waals surface area contributed by atoms with Crippen molar-refractivity contribution >= 4 is 15.7 Å². The Hall–Kier alpha value is -1.07. The molecule has 96 valence electrons. The van der Waals surface area contributed by atoms with Crippen molar-refractivity contribution in [3.63, 3.8) is 0 Å². The maximum atomic E-state index is 12.1. The Morgan fingerprint density at radius 1 is 1.29 bits per heavy atom. The molecule has 4 nitrogen and oxygen atoms in total. The Kier molecular flexibility index (Phi) is 4.96. The summed E-state index contributed by atoms with van der Waals surface area (Å²) in [4.78, 5) is 0.261. The molecule has 0 aliphatic carbocycles. The molecule has 0 bridgehead atoms. The lowest BCUT2D eigenvalue weighted by atomic mass is 10.2. The van der Waals surface area contributed by atoms with Crippen LogP contribution in [0.4, 0.5) is 5.69 Å². The van der Waals surface area contributed by atoms with Gasteiger partial charge in [0, 0.05) is 19.3 Å². The van der Waals surface area contributed by atoms with Crippen molar-refractivity contribution in [3.8, 4) is 0 Å². The molecule has 0 amide bonds. The molecule has 0 aromatic heterocycles. The van der Waals surface area contributed by atoms with Crippen LogP contribution in [0.1, 0.15) is 26.2 Å². The standard InChI is InChI=1S/C12H20N2O2S/c1-3-4-5-9-14(2)17(15,16)12-8-6-7-11(13)10-12/h6-8,10H,3-5,9,13H2,1-2H3. The smallest absolute Gasteiger partial charge is 0.242 e. The molecular weight excluding hydrogens is 236 g/mol. The van der Waals surface area contributed by atoms with E-state index in [1.54, 1.807) is 25.2 Å². The number of hydrogen-bond acceptors (Lipinski definition) is 3. The molecule has 0 unspecified atom stereocenters. The van der Waals surface area contributed by atoms with Crippen LogP contribution in [0.2, 0.25) is 0 Å². The molecule has 5 heteroatoms. The molecule has 0 fully saturated rings. The number of nitrogens with two attached hydrogens (primary N) is 1. The fraction of sp³-hybridized carbons (Fsp3) is 0.500. The Morgan fingerprint density at radius 2 is 2.00 bits per heavy atom. The van der Waals surface area contributed by atoms with E-state index in [1.165, 1.54) is 10.4 Å². The first-order valence-corrected chi connectivity index (χ1v) is 7.24. The number of sulfonamides is 1. The number of unbranched alkanes of at least 4 members (excludes halogenated alkanes) is 2. The molecule has 0 saturated carbocycles. The van der Waals surface area contributed by atoms with Crippen molar-refractivity contribution in [1.29, 1.82) is 0 Å². The lowest BCUT2D eigenvalue weighted by Gasteiger charge is -2.17. The Labute approximate surface area is 103 Å². The molecule has 17 heavy (non-hydrogen) atoms. The van der Waals surface area contributed by atoms with E-state index in [-0.39, 0.29) is 4.90 Å². The number of nitrogen functional groups attached to an aromatic ring is 1. The zero-order valence-corrected chi connectivity index (χ0v) is 11.2. The predicted molar refractivity (Wildman–Crippen MR) is 70.2 cm³/mol. The summed E-state index contributed by atoms with van der Waals surface area (Å²) < 4.78 is 25.7. The van der Waals surface area contributed by atoms with Gasteiger partial charge in [0.15, 0.2) is 0 Å². The molecule has 0 atom stereocenters. The highest BCUT2D eigenvalue weighted by molar-refractivity contribution is 7.89. The van der Waals surface area contributed by atoms with Crippen molar-refractivity contribution in [1.82, 2.24) is 4.31 Å². The molecule has 1 aromatic carbocycles. The third kappa shape index (κ3) is 3.71. The van der Waals surface area contributed by atoms with Gasteiger partial charge in [0.1, 0.15) is 0 Å². The summed E-state index contributed by atoms with van der Waals surface area (Å²) in [5.74, 6) is 0. The Morgan fingerprint density at radius 3 is 2.59 bits per heavy atom. The quantitative estimate of drug-likeness (QED) is 0.626. The highest BCUT2D eigenvalue weighted by atomic mass is 32.2.